The van der Waals surface area contributed by atoms with Crippen LogP contribution in [-0.2, 0) is 0 Å². The average molecular weight is 238 g/mol. The summed E-state index contributed by atoms with van der Waals surface area (Å²) >= 11 is 10.9. The van der Waals surface area contributed by atoms with E-state index in [0.717, 1.165) is 14.4 Å². The molecule has 0 nitrogen and oxygen atoms in total. The Balaban J connectivity index is 3.17. The fourth-order valence-electron chi connectivity index (χ4n) is 0.678. The Hall–Kier alpha value is 0.340. The average Bonchev–Trinajstić information content (AvgIpc) is 1.88. The Morgan fingerprint density at radius 2 is 2.20 bits per heavy atom. The molecule has 1 aromatic carbocycles. The van der Waals surface area contributed by atoms with Crippen LogP contribution >= 0.6 is 39.3 Å². The van der Waals surface area contributed by atoms with Gasteiger partial charge in [0.05, 0.1) is 5.02 Å². The zero-order chi connectivity index (χ0) is 7.56. The molecular weight excluding hydrogens is 232 g/mol. The molecule has 0 unspecified atom stereocenters. The van der Waals surface area contributed by atoms with E-state index in [2.05, 4.69) is 15.9 Å². The monoisotopic (exact) mass is 236 g/mol. The van der Waals surface area contributed by atoms with Gasteiger partial charge in [0.25, 0.3) is 0 Å². The fraction of sp³-hybridized carbons (Fsp3) is 0.143. The van der Waals surface area contributed by atoms with Crippen molar-refractivity contribution in [3.8, 4) is 0 Å². The van der Waals surface area contributed by atoms with Gasteiger partial charge in [0, 0.05) is 9.37 Å². The zero-order valence-corrected chi connectivity index (χ0v) is 8.55. The molecule has 0 atom stereocenters. The second kappa shape index (κ2) is 3.65. The second-order valence-electron chi connectivity index (χ2n) is 1.75. The molecule has 0 spiro atoms. The van der Waals surface area contributed by atoms with Gasteiger partial charge in [0.2, 0.25) is 0 Å². The number of halogens is 2. The van der Waals surface area contributed by atoms with Crippen LogP contribution in [0, 0.1) is 0 Å². The Morgan fingerprint density at radius 3 is 2.60 bits per heavy atom. The Kier molecular flexibility index (Phi) is 3.08. The van der Waals surface area contributed by atoms with Gasteiger partial charge in [0.1, 0.15) is 0 Å². The van der Waals surface area contributed by atoms with Crippen molar-refractivity contribution < 1.29 is 0 Å². The summed E-state index contributed by atoms with van der Waals surface area (Å²) in [4.78, 5) is 1.10. The summed E-state index contributed by atoms with van der Waals surface area (Å²) in [5, 5.41) is 0.807. The molecule has 0 bridgehead atoms. The highest BCUT2D eigenvalue weighted by Gasteiger charge is 2.00. The number of benzene rings is 1. The summed E-state index contributed by atoms with van der Waals surface area (Å²) in [6, 6.07) is 5.79. The molecule has 0 N–H and O–H groups in total. The van der Waals surface area contributed by atoms with E-state index >= 15 is 0 Å². The summed E-state index contributed by atoms with van der Waals surface area (Å²) in [5.41, 5.74) is 0. The third kappa shape index (κ3) is 1.68. The van der Waals surface area contributed by atoms with E-state index in [-0.39, 0.29) is 0 Å². The van der Waals surface area contributed by atoms with Crippen molar-refractivity contribution in [1.29, 1.82) is 0 Å². The van der Waals surface area contributed by atoms with Crippen molar-refractivity contribution in [3.63, 3.8) is 0 Å². The highest BCUT2D eigenvalue weighted by Crippen LogP contribution is 2.32. The Morgan fingerprint density at radius 1 is 1.50 bits per heavy atom. The third-order valence-corrected chi connectivity index (χ3v) is 3.32. The number of rotatable bonds is 1. The largest absolute Gasteiger partial charge is 0.127 e. The molecule has 1 aromatic rings. The van der Waals surface area contributed by atoms with Gasteiger partial charge < -0.3 is 0 Å². The maximum Gasteiger partial charge on any atom is 0.0553 e. The van der Waals surface area contributed by atoms with Crippen molar-refractivity contribution in [3.05, 3.63) is 27.7 Å². The summed E-state index contributed by atoms with van der Waals surface area (Å²) in [5.74, 6) is 0. The molecule has 0 aromatic heterocycles. The van der Waals surface area contributed by atoms with E-state index in [1.165, 1.54) is 0 Å². The summed E-state index contributed by atoms with van der Waals surface area (Å²) in [7, 11) is 0. The molecule has 0 fully saturated rings. The van der Waals surface area contributed by atoms with Crippen LogP contribution in [0.3, 0.4) is 0 Å². The van der Waals surface area contributed by atoms with Crippen LogP contribution < -0.4 is 0 Å². The SMILES string of the molecule is CSc1c(Cl)cccc1Br. The third-order valence-electron chi connectivity index (χ3n) is 1.12. The smallest absolute Gasteiger partial charge is 0.0553 e. The van der Waals surface area contributed by atoms with Crippen LogP contribution in [0.4, 0.5) is 0 Å². The molecule has 0 saturated carbocycles. The van der Waals surface area contributed by atoms with E-state index in [0.29, 0.717) is 0 Å². The van der Waals surface area contributed by atoms with Crippen LogP contribution in [0.2, 0.25) is 5.02 Å². The van der Waals surface area contributed by atoms with Gasteiger partial charge in [-0.3, -0.25) is 0 Å². The van der Waals surface area contributed by atoms with Crippen LogP contribution in [0.5, 0.6) is 0 Å². The number of hydrogen-bond donors (Lipinski definition) is 0. The maximum atomic E-state index is 5.88. The van der Waals surface area contributed by atoms with Gasteiger partial charge in [-0.15, -0.1) is 11.8 Å². The Bertz CT molecular complexity index is 217. The molecule has 0 heterocycles. The summed E-state index contributed by atoms with van der Waals surface area (Å²) < 4.78 is 1.06. The number of hydrogen-bond acceptors (Lipinski definition) is 1. The second-order valence-corrected chi connectivity index (χ2v) is 3.83. The van der Waals surface area contributed by atoms with Crippen molar-refractivity contribution >= 4 is 39.3 Å². The van der Waals surface area contributed by atoms with Gasteiger partial charge in [-0.1, -0.05) is 17.7 Å². The normalized spacial score (nSPS) is 9.90. The summed E-state index contributed by atoms with van der Waals surface area (Å²) in [6.07, 6.45) is 2.01. The lowest BCUT2D eigenvalue weighted by Gasteiger charge is -2.00. The van der Waals surface area contributed by atoms with Gasteiger partial charge in [0.15, 0.2) is 0 Å². The van der Waals surface area contributed by atoms with Crippen LogP contribution in [0.15, 0.2) is 27.6 Å². The topological polar surface area (TPSA) is 0 Å². The van der Waals surface area contributed by atoms with E-state index < -0.39 is 0 Å². The lowest BCUT2D eigenvalue weighted by atomic mass is 10.4. The van der Waals surface area contributed by atoms with Crippen molar-refractivity contribution in [2.24, 2.45) is 0 Å². The van der Waals surface area contributed by atoms with Crippen LogP contribution in [0.25, 0.3) is 0 Å². The minimum atomic E-state index is 0.807. The molecule has 0 amide bonds. The van der Waals surface area contributed by atoms with Gasteiger partial charge in [-0.2, -0.15) is 0 Å². The number of thioether (sulfide) groups is 1. The first-order chi connectivity index (χ1) is 4.75. The van der Waals surface area contributed by atoms with Crippen molar-refractivity contribution in [2.75, 3.05) is 6.26 Å². The molecular formula is C7H6BrClS. The van der Waals surface area contributed by atoms with E-state index in [9.17, 15) is 0 Å². The molecule has 10 heavy (non-hydrogen) atoms. The Labute approximate surface area is 78.1 Å². The first kappa shape index (κ1) is 8.44. The molecule has 54 valence electrons. The van der Waals surface area contributed by atoms with Crippen molar-refractivity contribution in [2.45, 2.75) is 4.90 Å². The molecule has 0 aliphatic heterocycles. The minimum Gasteiger partial charge on any atom is -0.127 e. The lowest BCUT2D eigenvalue weighted by molar-refractivity contribution is 1.41. The van der Waals surface area contributed by atoms with E-state index in [1.807, 2.05) is 24.5 Å². The predicted octanol–water partition coefficient (Wildman–Crippen LogP) is 3.82. The quantitative estimate of drug-likeness (QED) is 0.669. The molecule has 0 radical (unpaired) electrons. The van der Waals surface area contributed by atoms with Crippen LogP contribution in [0.1, 0.15) is 0 Å². The van der Waals surface area contributed by atoms with Gasteiger partial charge in [-0.05, 0) is 34.3 Å². The van der Waals surface area contributed by atoms with Crippen molar-refractivity contribution in [1.82, 2.24) is 0 Å². The standard InChI is InChI=1S/C7H6BrClS/c1-10-7-5(8)3-2-4-6(7)9/h2-4H,1H3. The first-order valence-corrected chi connectivity index (χ1v) is 5.13. The maximum absolute atomic E-state index is 5.88. The molecule has 3 heteroatoms. The van der Waals surface area contributed by atoms with Crippen LogP contribution in [-0.4, -0.2) is 6.26 Å². The highest BCUT2D eigenvalue weighted by molar-refractivity contribution is 9.10. The van der Waals surface area contributed by atoms with E-state index in [4.69, 9.17) is 11.6 Å². The lowest BCUT2D eigenvalue weighted by Crippen LogP contribution is -1.73. The highest BCUT2D eigenvalue weighted by atomic mass is 79.9. The fourth-order valence-corrected chi connectivity index (χ4v) is 2.58. The first-order valence-electron chi connectivity index (χ1n) is 2.73. The molecule has 1 rings (SSSR count). The zero-order valence-electron chi connectivity index (χ0n) is 5.40. The van der Waals surface area contributed by atoms with E-state index in [1.54, 1.807) is 11.8 Å². The predicted molar refractivity (Wildman–Crippen MR) is 50.9 cm³/mol. The van der Waals surface area contributed by atoms with Gasteiger partial charge in [-0.25, -0.2) is 0 Å². The summed E-state index contributed by atoms with van der Waals surface area (Å²) in [6.45, 7) is 0. The molecule has 0 aliphatic carbocycles. The molecule has 0 aliphatic rings. The van der Waals surface area contributed by atoms with Gasteiger partial charge >= 0.3 is 0 Å². The minimum absolute atomic E-state index is 0.807. The molecule has 0 saturated heterocycles.